The maximum atomic E-state index is 11.2. The summed E-state index contributed by atoms with van der Waals surface area (Å²) < 4.78 is 5.10. The predicted molar refractivity (Wildman–Crippen MR) is 118 cm³/mol. The molecule has 0 heterocycles. The van der Waals surface area contributed by atoms with Crippen molar-refractivity contribution in [1.29, 1.82) is 0 Å². The van der Waals surface area contributed by atoms with Crippen LogP contribution in [0.5, 0.6) is 0 Å². The maximum absolute atomic E-state index is 11.2. The van der Waals surface area contributed by atoms with Crippen molar-refractivity contribution in [2.75, 3.05) is 0 Å². The fraction of sp³-hybridized carbons (Fsp3) is 0.680. The summed E-state index contributed by atoms with van der Waals surface area (Å²) in [6.07, 6.45) is 10.2. The van der Waals surface area contributed by atoms with Gasteiger partial charge in [0, 0.05) is 0 Å². The molecule has 0 aliphatic heterocycles. The van der Waals surface area contributed by atoms with Crippen LogP contribution < -0.4 is 0 Å². The quantitative estimate of drug-likeness (QED) is 0.277. The summed E-state index contributed by atoms with van der Waals surface area (Å²) in [6.45, 7) is 10.3. The molecule has 0 aliphatic carbocycles. The highest BCUT2D eigenvalue weighted by Gasteiger charge is 2.25. The van der Waals surface area contributed by atoms with Crippen LogP contribution in [0.3, 0.4) is 0 Å². The molecule has 0 aliphatic rings. The molecule has 1 aromatic rings. The minimum Gasteiger partial charge on any atom is -0.481 e. The van der Waals surface area contributed by atoms with Crippen LogP contribution in [0.2, 0.25) is 0 Å². The summed E-state index contributed by atoms with van der Waals surface area (Å²) in [5.41, 5.74) is 3.27. The third-order valence-electron chi connectivity index (χ3n) is 5.98. The molecule has 29 heavy (non-hydrogen) atoms. The van der Waals surface area contributed by atoms with Gasteiger partial charge in [0.25, 0.3) is 6.47 Å². The van der Waals surface area contributed by atoms with Crippen molar-refractivity contribution in [3.8, 4) is 0 Å². The summed E-state index contributed by atoms with van der Waals surface area (Å²) in [5, 5.41) is 9.19. The second-order valence-corrected chi connectivity index (χ2v) is 9.49. The number of ether oxygens (including phenoxy) is 1. The van der Waals surface area contributed by atoms with Crippen molar-refractivity contribution < 1.29 is 19.4 Å². The van der Waals surface area contributed by atoms with Crippen LogP contribution in [0.1, 0.15) is 95.8 Å². The Morgan fingerprint density at radius 2 is 1.45 bits per heavy atom. The molecule has 0 atom stereocenters. The van der Waals surface area contributed by atoms with E-state index < -0.39 is 11.4 Å². The lowest BCUT2D eigenvalue weighted by atomic mass is 9.86. The van der Waals surface area contributed by atoms with Crippen LogP contribution in [0.15, 0.2) is 18.2 Å². The van der Waals surface area contributed by atoms with Gasteiger partial charge in [-0.15, -0.1) is 0 Å². The van der Waals surface area contributed by atoms with Gasteiger partial charge >= 0.3 is 5.97 Å². The molecule has 0 radical (unpaired) electrons. The van der Waals surface area contributed by atoms with E-state index in [0.29, 0.717) is 6.47 Å². The van der Waals surface area contributed by atoms with Crippen molar-refractivity contribution in [1.82, 2.24) is 0 Å². The van der Waals surface area contributed by atoms with Crippen molar-refractivity contribution in [2.24, 2.45) is 5.41 Å². The fourth-order valence-corrected chi connectivity index (χ4v) is 3.68. The molecule has 1 N–H and O–H groups in total. The van der Waals surface area contributed by atoms with Gasteiger partial charge in [-0.1, -0.05) is 37.5 Å². The predicted octanol–water partition coefficient (Wildman–Crippen LogP) is 6.26. The monoisotopic (exact) mass is 404 g/mol. The summed E-state index contributed by atoms with van der Waals surface area (Å²) in [7, 11) is 0. The average Bonchev–Trinajstić information content (AvgIpc) is 2.63. The molecule has 0 amide bonds. The minimum atomic E-state index is -0.708. The largest absolute Gasteiger partial charge is 0.481 e. The number of unbranched alkanes of at least 4 members (excludes halogenated alkanes) is 4. The lowest BCUT2D eigenvalue weighted by molar-refractivity contribution is -0.147. The van der Waals surface area contributed by atoms with Gasteiger partial charge in [0.1, 0.15) is 5.60 Å². The van der Waals surface area contributed by atoms with Crippen molar-refractivity contribution in [3.05, 3.63) is 34.9 Å². The van der Waals surface area contributed by atoms with E-state index in [9.17, 15) is 14.7 Å². The van der Waals surface area contributed by atoms with Gasteiger partial charge in [-0.3, -0.25) is 9.59 Å². The third-order valence-corrected chi connectivity index (χ3v) is 5.98. The van der Waals surface area contributed by atoms with Gasteiger partial charge in [-0.05, 0) is 96.3 Å². The van der Waals surface area contributed by atoms with E-state index in [1.54, 1.807) is 13.8 Å². The number of hydrogen-bond donors (Lipinski definition) is 1. The molecule has 1 rings (SSSR count). The first-order valence-electron chi connectivity index (χ1n) is 11.0. The van der Waals surface area contributed by atoms with Crippen LogP contribution >= 0.6 is 0 Å². The molecule has 164 valence electrons. The topological polar surface area (TPSA) is 63.6 Å². The van der Waals surface area contributed by atoms with E-state index in [4.69, 9.17) is 4.74 Å². The molecule has 0 spiro atoms. The molecule has 0 aromatic heterocycles. The maximum Gasteiger partial charge on any atom is 0.309 e. The van der Waals surface area contributed by atoms with Crippen LogP contribution in [0.25, 0.3) is 0 Å². The number of benzene rings is 1. The molecule has 0 unspecified atom stereocenters. The lowest BCUT2D eigenvalue weighted by Crippen LogP contribution is -2.23. The van der Waals surface area contributed by atoms with Gasteiger partial charge in [-0.25, -0.2) is 0 Å². The first-order chi connectivity index (χ1) is 13.6. The van der Waals surface area contributed by atoms with Crippen LogP contribution in [0.4, 0.5) is 0 Å². The Labute approximate surface area is 177 Å². The molecule has 4 heteroatoms. The number of aryl methyl sites for hydroxylation is 2. The Bertz CT molecular complexity index is 646. The van der Waals surface area contributed by atoms with Gasteiger partial charge in [-0.2, -0.15) is 0 Å². The SMILES string of the molecule is Cc1c(CCCCCC(C)(C)OC=O)cccc1CCCCCC(C)(C)C(=O)O. The highest BCUT2D eigenvalue weighted by molar-refractivity contribution is 5.73. The zero-order valence-corrected chi connectivity index (χ0v) is 19.1. The zero-order chi connectivity index (χ0) is 21.9. The van der Waals surface area contributed by atoms with E-state index in [0.717, 1.165) is 64.2 Å². The van der Waals surface area contributed by atoms with E-state index in [1.165, 1.54) is 16.7 Å². The summed E-state index contributed by atoms with van der Waals surface area (Å²) in [6, 6.07) is 6.61. The highest BCUT2D eigenvalue weighted by atomic mass is 16.5. The molecule has 4 nitrogen and oxygen atoms in total. The van der Waals surface area contributed by atoms with Gasteiger partial charge in [0.15, 0.2) is 0 Å². The van der Waals surface area contributed by atoms with Crippen molar-refractivity contribution in [3.63, 3.8) is 0 Å². The van der Waals surface area contributed by atoms with Crippen LogP contribution in [-0.4, -0.2) is 23.1 Å². The van der Waals surface area contributed by atoms with Crippen LogP contribution in [-0.2, 0) is 27.2 Å². The Morgan fingerprint density at radius 3 is 1.93 bits per heavy atom. The standard InChI is InChI=1S/C25H40O4/c1-20-21(13-8-6-10-17-24(2,3)23(27)28)15-12-16-22(20)14-9-7-11-18-25(4,5)29-19-26/h12,15-16,19H,6-11,13-14,17-18H2,1-5H3,(H,27,28). The van der Waals surface area contributed by atoms with E-state index in [-0.39, 0.29) is 5.60 Å². The third kappa shape index (κ3) is 9.47. The number of hydrogen-bond acceptors (Lipinski definition) is 3. The first-order valence-corrected chi connectivity index (χ1v) is 11.0. The molecule has 0 saturated carbocycles. The molecular formula is C25H40O4. The number of rotatable bonds is 15. The van der Waals surface area contributed by atoms with E-state index in [2.05, 4.69) is 25.1 Å². The van der Waals surface area contributed by atoms with Gasteiger partial charge in [0.2, 0.25) is 0 Å². The summed E-state index contributed by atoms with van der Waals surface area (Å²) in [5.74, 6) is -0.708. The molecular weight excluding hydrogens is 364 g/mol. The smallest absolute Gasteiger partial charge is 0.309 e. The molecule has 1 aromatic carbocycles. The van der Waals surface area contributed by atoms with Gasteiger partial charge in [0.05, 0.1) is 5.41 Å². The Hall–Kier alpha value is -1.84. The number of carbonyl (C=O) groups excluding carboxylic acids is 1. The molecule has 0 fully saturated rings. The first kappa shape index (κ1) is 25.2. The van der Waals surface area contributed by atoms with E-state index >= 15 is 0 Å². The second kappa shape index (κ2) is 12.0. The molecule has 0 bridgehead atoms. The summed E-state index contributed by atoms with van der Waals surface area (Å²) >= 11 is 0. The lowest BCUT2D eigenvalue weighted by Gasteiger charge is -2.22. The second-order valence-electron chi connectivity index (χ2n) is 9.49. The van der Waals surface area contributed by atoms with Crippen molar-refractivity contribution in [2.45, 2.75) is 104 Å². The molecule has 0 saturated heterocycles. The average molecular weight is 405 g/mol. The highest BCUT2D eigenvalue weighted by Crippen LogP contribution is 2.25. The Balaban J connectivity index is 2.37. The fourth-order valence-electron chi connectivity index (χ4n) is 3.68. The number of carbonyl (C=O) groups is 2. The van der Waals surface area contributed by atoms with Gasteiger partial charge < -0.3 is 9.84 Å². The Morgan fingerprint density at radius 1 is 0.931 bits per heavy atom. The number of carboxylic acid groups (broad SMARTS) is 1. The van der Waals surface area contributed by atoms with Crippen molar-refractivity contribution >= 4 is 12.4 Å². The number of carboxylic acids is 1. The normalized spacial score (nSPS) is 12.0. The minimum absolute atomic E-state index is 0.364. The summed E-state index contributed by atoms with van der Waals surface area (Å²) in [4.78, 5) is 21.7. The van der Waals surface area contributed by atoms with Crippen LogP contribution in [0, 0.1) is 12.3 Å². The number of aliphatic carboxylic acids is 1. The van der Waals surface area contributed by atoms with E-state index in [1.807, 2.05) is 13.8 Å². The zero-order valence-electron chi connectivity index (χ0n) is 19.1. The Kier molecular flexibility index (Phi) is 10.4.